The normalized spacial score (nSPS) is 12.2. The second-order valence-electron chi connectivity index (χ2n) is 15.9. The van der Waals surface area contributed by atoms with Crippen molar-refractivity contribution >= 4 is 17.9 Å². The second-order valence-corrected chi connectivity index (χ2v) is 15.9. The zero-order valence-electron chi connectivity index (χ0n) is 37.4. The van der Waals surface area contributed by atoms with Crippen LogP contribution < -0.4 is 16.0 Å². The molecule has 0 radical (unpaired) electrons. The van der Waals surface area contributed by atoms with Crippen molar-refractivity contribution < 1.29 is 19.1 Å². The van der Waals surface area contributed by atoms with Crippen molar-refractivity contribution in [3.63, 3.8) is 0 Å². The Bertz CT molecular complexity index is 936. The lowest BCUT2D eigenvalue weighted by molar-refractivity contribution is -0.124. The van der Waals surface area contributed by atoms with Crippen molar-refractivity contribution in [3.8, 4) is 0 Å². The largest absolute Gasteiger partial charge is 0.448 e. The molecular weight excluding hydrogens is 697 g/mol. The Balaban J connectivity index is 4.24. The van der Waals surface area contributed by atoms with Gasteiger partial charge in [0.1, 0.15) is 12.6 Å². The molecule has 0 rings (SSSR count). The summed E-state index contributed by atoms with van der Waals surface area (Å²) in [5, 5.41) is 8.74. The SMILES string of the molecule is CCCCCCCC/C=C\CCCCCCCCNC(=O)CCC(NC(=O)OCCN(CC)CC)C(=O)NCCCCCCCC/C=C\CCCCCCCC. The van der Waals surface area contributed by atoms with Crippen LogP contribution in [0.1, 0.15) is 220 Å². The van der Waals surface area contributed by atoms with Gasteiger partial charge in [-0.15, -0.1) is 0 Å². The van der Waals surface area contributed by atoms with E-state index in [2.05, 4.69) is 72.8 Å². The molecule has 0 aliphatic heterocycles. The molecule has 8 nitrogen and oxygen atoms in total. The lowest BCUT2D eigenvalue weighted by atomic mass is 10.1. The first-order valence-electron chi connectivity index (χ1n) is 24.0. The average molecular weight is 789 g/mol. The van der Waals surface area contributed by atoms with Crippen LogP contribution in [-0.2, 0) is 14.3 Å². The smallest absolute Gasteiger partial charge is 0.407 e. The summed E-state index contributed by atoms with van der Waals surface area (Å²) in [7, 11) is 0. The van der Waals surface area contributed by atoms with Crippen LogP contribution in [0, 0.1) is 0 Å². The molecular formula is C48H92N4O4. The van der Waals surface area contributed by atoms with Crippen LogP contribution in [0.5, 0.6) is 0 Å². The molecule has 1 unspecified atom stereocenters. The van der Waals surface area contributed by atoms with Crippen molar-refractivity contribution in [2.45, 2.75) is 226 Å². The highest BCUT2D eigenvalue weighted by atomic mass is 16.5. The zero-order chi connectivity index (χ0) is 41.0. The molecule has 0 bridgehead atoms. The quantitative estimate of drug-likeness (QED) is 0.0422. The van der Waals surface area contributed by atoms with Gasteiger partial charge in [0.05, 0.1) is 0 Å². The number of rotatable bonds is 42. The maximum absolute atomic E-state index is 13.1. The fourth-order valence-corrected chi connectivity index (χ4v) is 6.93. The van der Waals surface area contributed by atoms with Gasteiger partial charge in [-0.25, -0.2) is 4.79 Å². The Kier molecular flexibility index (Phi) is 41.9. The van der Waals surface area contributed by atoms with Crippen LogP contribution in [0.25, 0.3) is 0 Å². The first kappa shape index (κ1) is 53.6. The standard InChI is InChI=1S/C48H92N4O4/c1-5-9-11-13-15-17-19-21-23-25-27-29-31-33-35-37-41-49-46(53)40-39-45(51-48(55)56-44-43-52(7-3)8-4)47(54)50-42-38-36-34-32-30-28-26-24-22-20-18-16-14-12-10-6-2/h21-24,45H,5-20,25-44H2,1-4H3,(H,49,53)(H,50,54)(H,51,55)/b23-21-,24-22-. The van der Waals surface area contributed by atoms with Gasteiger partial charge >= 0.3 is 6.09 Å². The number of hydrogen-bond acceptors (Lipinski definition) is 5. The molecule has 0 saturated heterocycles. The third-order valence-electron chi connectivity index (χ3n) is 10.8. The summed E-state index contributed by atoms with van der Waals surface area (Å²) in [5.74, 6) is -0.333. The Labute approximate surface area is 347 Å². The van der Waals surface area contributed by atoms with E-state index in [1.807, 2.05) is 0 Å². The number of alkyl carbamates (subject to hydrolysis) is 1. The first-order chi connectivity index (χ1) is 27.5. The molecule has 1 atom stereocenters. The molecule has 0 heterocycles. The number of likely N-dealkylation sites (N-methyl/N-ethyl adjacent to an activating group) is 1. The van der Waals surface area contributed by atoms with E-state index in [0.717, 1.165) is 45.2 Å². The third kappa shape index (κ3) is 38.5. The Morgan fingerprint density at radius 2 is 0.911 bits per heavy atom. The van der Waals surface area contributed by atoms with E-state index >= 15 is 0 Å². The van der Waals surface area contributed by atoms with Crippen molar-refractivity contribution in [3.05, 3.63) is 24.3 Å². The van der Waals surface area contributed by atoms with E-state index in [1.54, 1.807) is 0 Å². The highest BCUT2D eigenvalue weighted by Crippen LogP contribution is 2.12. The molecule has 0 aliphatic rings. The maximum Gasteiger partial charge on any atom is 0.407 e. The number of unbranched alkanes of at least 4 members (excludes halogenated alkanes) is 24. The zero-order valence-corrected chi connectivity index (χ0v) is 37.4. The van der Waals surface area contributed by atoms with Gasteiger partial charge in [-0.1, -0.05) is 168 Å². The van der Waals surface area contributed by atoms with Gasteiger partial charge in [-0.3, -0.25) is 9.59 Å². The molecule has 0 aromatic heterocycles. The topological polar surface area (TPSA) is 99.8 Å². The van der Waals surface area contributed by atoms with Crippen LogP contribution in [0.4, 0.5) is 4.79 Å². The molecule has 328 valence electrons. The molecule has 0 aromatic rings. The molecule has 8 heteroatoms. The molecule has 0 aliphatic carbocycles. The van der Waals surface area contributed by atoms with E-state index in [-0.39, 0.29) is 31.3 Å². The Hall–Kier alpha value is -2.35. The minimum Gasteiger partial charge on any atom is -0.448 e. The Morgan fingerprint density at radius 1 is 0.518 bits per heavy atom. The summed E-state index contributed by atoms with van der Waals surface area (Å²) in [6.07, 6.45) is 44.2. The number of nitrogens with zero attached hydrogens (tertiary/aromatic N) is 1. The van der Waals surface area contributed by atoms with E-state index in [9.17, 15) is 14.4 Å². The van der Waals surface area contributed by atoms with Crippen molar-refractivity contribution in [1.82, 2.24) is 20.9 Å². The second kappa shape index (κ2) is 43.8. The molecule has 0 fully saturated rings. The lowest BCUT2D eigenvalue weighted by Gasteiger charge is -2.20. The average Bonchev–Trinajstić information content (AvgIpc) is 3.20. The van der Waals surface area contributed by atoms with Crippen LogP contribution >= 0.6 is 0 Å². The number of carbonyl (C=O) groups excluding carboxylic acids is 3. The summed E-state index contributed by atoms with van der Waals surface area (Å²) in [4.78, 5) is 40.5. The number of allylic oxidation sites excluding steroid dienone is 4. The molecule has 3 amide bonds. The highest BCUT2D eigenvalue weighted by molar-refractivity contribution is 5.86. The van der Waals surface area contributed by atoms with Gasteiger partial charge in [0.15, 0.2) is 0 Å². The van der Waals surface area contributed by atoms with Crippen LogP contribution in [0.2, 0.25) is 0 Å². The molecule has 0 spiro atoms. The van der Waals surface area contributed by atoms with Gasteiger partial charge in [-0.2, -0.15) is 0 Å². The predicted molar refractivity (Wildman–Crippen MR) is 240 cm³/mol. The van der Waals surface area contributed by atoms with Crippen molar-refractivity contribution in [1.29, 1.82) is 0 Å². The van der Waals surface area contributed by atoms with Gasteiger partial charge in [-0.05, 0) is 83.7 Å². The van der Waals surface area contributed by atoms with E-state index in [1.165, 1.54) is 148 Å². The van der Waals surface area contributed by atoms with Gasteiger partial charge in [0.2, 0.25) is 11.8 Å². The number of ether oxygens (including phenoxy) is 1. The van der Waals surface area contributed by atoms with Crippen LogP contribution in [0.3, 0.4) is 0 Å². The van der Waals surface area contributed by atoms with Crippen molar-refractivity contribution in [2.75, 3.05) is 39.3 Å². The van der Waals surface area contributed by atoms with Gasteiger partial charge in [0.25, 0.3) is 0 Å². The van der Waals surface area contributed by atoms with Gasteiger partial charge < -0.3 is 25.6 Å². The third-order valence-corrected chi connectivity index (χ3v) is 10.8. The minimum absolute atomic E-state index is 0.0828. The lowest BCUT2D eigenvalue weighted by Crippen LogP contribution is -2.48. The number of carbonyl (C=O) groups is 3. The van der Waals surface area contributed by atoms with Crippen molar-refractivity contribution in [2.24, 2.45) is 0 Å². The molecule has 3 N–H and O–H groups in total. The summed E-state index contributed by atoms with van der Waals surface area (Å²) < 4.78 is 5.39. The number of nitrogens with one attached hydrogen (secondary N) is 3. The summed E-state index contributed by atoms with van der Waals surface area (Å²) in [6, 6.07) is -0.804. The number of amides is 3. The maximum atomic E-state index is 13.1. The summed E-state index contributed by atoms with van der Waals surface area (Å²) in [5.41, 5.74) is 0. The molecule has 56 heavy (non-hydrogen) atoms. The van der Waals surface area contributed by atoms with Crippen LogP contribution in [0.15, 0.2) is 24.3 Å². The fraction of sp³-hybridized carbons (Fsp3) is 0.854. The highest BCUT2D eigenvalue weighted by Gasteiger charge is 2.22. The van der Waals surface area contributed by atoms with Gasteiger partial charge in [0, 0.05) is 26.1 Å². The van der Waals surface area contributed by atoms with Crippen LogP contribution in [-0.4, -0.2) is 68.2 Å². The number of hydrogen-bond donors (Lipinski definition) is 3. The molecule has 0 aromatic carbocycles. The van der Waals surface area contributed by atoms with E-state index in [4.69, 9.17) is 4.74 Å². The predicted octanol–water partition coefficient (Wildman–Crippen LogP) is 12.5. The summed E-state index contributed by atoms with van der Waals surface area (Å²) in [6.45, 7) is 12.6. The summed E-state index contributed by atoms with van der Waals surface area (Å²) >= 11 is 0. The van der Waals surface area contributed by atoms with E-state index in [0.29, 0.717) is 19.6 Å². The minimum atomic E-state index is -0.804. The Morgan fingerprint density at radius 3 is 1.34 bits per heavy atom. The fourth-order valence-electron chi connectivity index (χ4n) is 6.93. The van der Waals surface area contributed by atoms with E-state index < -0.39 is 12.1 Å². The molecule has 0 saturated carbocycles. The monoisotopic (exact) mass is 789 g/mol. The first-order valence-corrected chi connectivity index (χ1v) is 24.0.